The van der Waals surface area contributed by atoms with Crippen LogP contribution >= 0.6 is 0 Å². The lowest BCUT2D eigenvalue weighted by Gasteiger charge is -2.14. The van der Waals surface area contributed by atoms with Gasteiger partial charge in [0.05, 0.1) is 6.54 Å². The molecule has 0 saturated heterocycles. The minimum absolute atomic E-state index is 0.278. The summed E-state index contributed by atoms with van der Waals surface area (Å²) in [5.41, 5.74) is 0. The second-order valence-electron chi connectivity index (χ2n) is 4.48. The number of rotatable bonds is 6. The number of hydrogen-bond donors (Lipinski definition) is 2. The van der Waals surface area contributed by atoms with Crippen LogP contribution in [0.2, 0.25) is 0 Å². The van der Waals surface area contributed by atoms with E-state index in [0.29, 0.717) is 24.9 Å². The van der Waals surface area contributed by atoms with Gasteiger partial charge in [-0.05, 0) is 32.9 Å². The Kier molecular flexibility index (Phi) is 6.76. The third-order valence-electron chi connectivity index (χ3n) is 2.29. The highest BCUT2D eigenvalue weighted by Crippen LogP contribution is 2.15. The third-order valence-corrected chi connectivity index (χ3v) is 2.29. The molecule has 0 atom stereocenters. The van der Waals surface area contributed by atoms with E-state index in [1.54, 1.807) is 0 Å². The fourth-order valence-corrected chi connectivity index (χ4v) is 1.48. The Hall–Kier alpha value is -1.85. The second kappa shape index (κ2) is 8.35. The van der Waals surface area contributed by atoms with Crippen LogP contribution in [0.5, 0.6) is 5.75 Å². The van der Waals surface area contributed by atoms with Gasteiger partial charge < -0.3 is 15.4 Å². The van der Waals surface area contributed by atoms with Crippen molar-refractivity contribution in [3.8, 4) is 5.75 Å². The monoisotopic (exact) mass is 285 g/mol. The molecular formula is C14H21F2N3O. The maximum absolute atomic E-state index is 13.0. The SMILES string of the molecule is CCNC(=NCCOc1ccc(F)c(F)c1)NC(C)C. The van der Waals surface area contributed by atoms with Crippen LogP contribution in [0.25, 0.3) is 0 Å². The van der Waals surface area contributed by atoms with E-state index in [1.165, 1.54) is 6.07 Å². The highest BCUT2D eigenvalue weighted by atomic mass is 19.2. The molecular weight excluding hydrogens is 264 g/mol. The minimum atomic E-state index is -0.916. The fraction of sp³-hybridized carbons (Fsp3) is 0.500. The fourth-order valence-electron chi connectivity index (χ4n) is 1.48. The largest absolute Gasteiger partial charge is 0.492 e. The van der Waals surface area contributed by atoms with Crippen LogP contribution in [0.15, 0.2) is 23.2 Å². The summed E-state index contributed by atoms with van der Waals surface area (Å²) in [5, 5.41) is 6.27. The number of aliphatic imine (C=N–C) groups is 1. The summed E-state index contributed by atoms with van der Waals surface area (Å²) in [4.78, 5) is 4.31. The Morgan fingerprint density at radius 3 is 2.65 bits per heavy atom. The zero-order valence-electron chi connectivity index (χ0n) is 12.0. The second-order valence-corrected chi connectivity index (χ2v) is 4.48. The molecule has 0 unspecified atom stereocenters. The van der Waals surface area contributed by atoms with E-state index >= 15 is 0 Å². The van der Waals surface area contributed by atoms with E-state index < -0.39 is 11.6 Å². The van der Waals surface area contributed by atoms with Gasteiger partial charge in [0.1, 0.15) is 12.4 Å². The molecule has 0 aliphatic carbocycles. The van der Waals surface area contributed by atoms with E-state index in [2.05, 4.69) is 15.6 Å². The molecule has 112 valence electrons. The van der Waals surface area contributed by atoms with Gasteiger partial charge in [-0.15, -0.1) is 0 Å². The third kappa shape index (κ3) is 5.86. The minimum Gasteiger partial charge on any atom is -0.492 e. The van der Waals surface area contributed by atoms with Crippen molar-refractivity contribution in [2.45, 2.75) is 26.8 Å². The molecule has 6 heteroatoms. The van der Waals surface area contributed by atoms with Gasteiger partial charge in [0.2, 0.25) is 0 Å². The van der Waals surface area contributed by atoms with Crippen molar-refractivity contribution < 1.29 is 13.5 Å². The first kappa shape index (κ1) is 16.2. The first-order chi connectivity index (χ1) is 9.52. The predicted molar refractivity (Wildman–Crippen MR) is 76.1 cm³/mol. The van der Waals surface area contributed by atoms with Crippen molar-refractivity contribution in [2.24, 2.45) is 4.99 Å². The van der Waals surface area contributed by atoms with Crippen molar-refractivity contribution in [1.82, 2.24) is 10.6 Å². The summed E-state index contributed by atoms with van der Waals surface area (Å²) in [6, 6.07) is 3.73. The molecule has 1 aromatic rings. The molecule has 0 spiro atoms. The molecule has 20 heavy (non-hydrogen) atoms. The Morgan fingerprint density at radius 1 is 1.30 bits per heavy atom. The molecule has 0 aromatic heterocycles. The molecule has 2 N–H and O–H groups in total. The number of halogens is 2. The lowest BCUT2D eigenvalue weighted by molar-refractivity contribution is 0.325. The maximum Gasteiger partial charge on any atom is 0.191 e. The molecule has 0 aliphatic heterocycles. The Labute approximate surface area is 118 Å². The van der Waals surface area contributed by atoms with Crippen LogP contribution in [-0.4, -0.2) is 31.7 Å². The zero-order valence-corrected chi connectivity index (χ0v) is 12.0. The van der Waals surface area contributed by atoms with Crippen molar-refractivity contribution in [2.75, 3.05) is 19.7 Å². The Balaban J connectivity index is 2.43. The average Bonchev–Trinajstić information content (AvgIpc) is 2.38. The molecule has 0 saturated carbocycles. The molecule has 1 rings (SSSR count). The summed E-state index contributed by atoms with van der Waals surface area (Å²) >= 11 is 0. The first-order valence-electron chi connectivity index (χ1n) is 6.65. The smallest absolute Gasteiger partial charge is 0.191 e. The van der Waals surface area contributed by atoms with Crippen molar-refractivity contribution in [1.29, 1.82) is 0 Å². The van der Waals surface area contributed by atoms with Crippen molar-refractivity contribution in [3.63, 3.8) is 0 Å². The highest BCUT2D eigenvalue weighted by molar-refractivity contribution is 5.79. The topological polar surface area (TPSA) is 45.7 Å². The molecule has 4 nitrogen and oxygen atoms in total. The van der Waals surface area contributed by atoms with Crippen LogP contribution in [0.1, 0.15) is 20.8 Å². The van der Waals surface area contributed by atoms with E-state index in [1.807, 2.05) is 20.8 Å². The van der Waals surface area contributed by atoms with Crippen molar-refractivity contribution in [3.05, 3.63) is 29.8 Å². The van der Waals surface area contributed by atoms with Gasteiger partial charge in [0, 0.05) is 18.7 Å². The maximum atomic E-state index is 13.0. The lowest BCUT2D eigenvalue weighted by Crippen LogP contribution is -2.41. The number of benzene rings is 1. The van der Waals surface area contributed by atoms with E-state index in [-0.39, 0.29) is 6.04 Å². The van der Waals surface area contributed by atoms with E-state index in [4.69, 9.17) is 4.74 Å². The first-order valence-corrected chi connectivity index (χ1v) is 6.65. The standard InChI is InChI=1S/C14H21F2N3O/c1-4-17-14(19-10(2)3)18-7-8-20-11-5-6-12(15)13(16)9-11/h5-6,9-10H,4,7-8H2,1-3H3,(H2,17,18,19). The average molecular weight is 285 g/mol. The summed E-state index contributed by atoms with van der Waals surface area (Å²) in [6.45, 7) is 7.49. The summed E-state index contributed by atoms with van der Waals surface area (Å²) in [7, 11) is 0. The molecule has 0 heterocycles. The van der Waals surface area contributed by atoms with Gasteiger partial charge >= 0.3 is 0 Å². The van der Waals surface area contributed by atoms with Gasteiger partial charge in [-0.25, -0.2) is 13.8 Å². The van der Waals surface area contributed by atoms with Gasteiger partial charge in [-0.1, -0.05) is 0 Å². The van der Waals surface area contributed by atoms with Crippen LogP contribution < -0.4 is 15.4 Å². The summed E-state index contributed by atoms with van der Waals surface area (Å²) < 4.78 is 31.0. The predicted octanol–water partition coefficient (Wildman–Crippen LogP) is 2.31. The molecule has 0 bridgehead atoms. The normalized spacial score (nSPS) is 11.6. The molecule has 0 fully saturated rings. The quantitative estimate of drug-likeness (QED) is 0.479. The van der Waals surface area contributed by atoms with Gasteiger partial charge in [0.25, 0.3) is 0 Å². The molecule has 0 aliphatic rings. The number of nitrogens with one attached hydrogen (secondary N) is 2. The van der Waals surface area contributed by atoms with Crippen LogP contribution in [-0.2, 0) is 0 Å². The number of nitrogens with zero attached hydrogens (tertiary/aromatic N) is 1. The molecule has 0 radical (unpaired) electrons. The highest BCUT2D eigenvalue weighted by Gasteiger charge is 2.03. The number of hydrogen-bond acceptors (Lipinski definition) is 2. The van der Waals surface area contributed by atoms with Gasteiger partial charge in [-0.2, -0.15) is 0 Å². The van der Waals surface area contributed by atoms with Crippen LogP contribution in [0, 0.1) is 11.6 Å². The Bertz CT molecular complexity index is 450. The Morgan fingerprint density at radius 2 is 2.05 bits per heavy atom. The zero-order chi connectivity index (χ0) is 15.0. The molecule has 1 aromatic carbocycles. The van der Waals surface area contributed by atoms with E-state index in [0.717, 1.165) is 18.7 Å². The summed E-state index contributed by atoms with van der Waals surface area (Å²) in [5.74, 6) is -0.802. The van der Waals surface area contributed by atoms with E-state index in [9.17, 15) is 8.78 Å². The van der Waals surface area contributed by atoms with Gasteiger partial charge in [0.15, 0.2) is 17.6 Å². The van der Waals surface area contributed by atoms with Crippen LogP contribution in [0.3, 0.4) is 0 Å². The molecule has 0 amide bonds. The van der Waals surface area contributed by atoms with Crippen LogP contribution in [0.4, 0.5) is 8.78 Å². The number of guanidine groups is 1. The van der Waals surface area contributed by atoms with Crippen molar-refractivity contribution >= 4 is 5.96 Å². The number of ether oxygens (including phenoxy) is 1. The lowest BCUT2D eigenvalue weighted by atomic mass is 10.3. The summed E-state index contributed by atoms with van der Waals surface area (Å²) in [6.07, 6.45) is 0. The van der Waals surface area contributed by atoms with Gasteiger partial charge in [-0.3, -0.25) is 0 Å².